The van der Waals surface area contributed by atoms with E-state index in [0.717, 1.165) is 11.3 Å². The van der Waals surface area contributed by atoms with Crippen LogP contribution in [0.1, 0.15) is 24.8 Å². The number of aliphatic hydroxyl groups is 1. The van der Waals surface area contributed by atoms with Crippen molar-refractivity contribution in [2.75, 3.05) is 46.9 Å². The number of nitrogens with zero attached hydrogens (tertiary/aromatic N) is 3. The first-order chi connectivity index (χ1) is 14.3. The van der Waals surface area contributed by atoms with Gasteiger partial charge >= 0.3 is 6.03 Å². The molecular weight excluding hydrogens is 388 g/mol. The van der Waals surface area contributed by atoms with E-state index in [0.29, 0.717) is 45.4 Å². The molecule has 0 saturated carbocycles. The lowest BCUT2D eigenvalue weighted by Crippen LogP contribution is -2.44. The fourth-order valence-electron chi connectivity index (χ4n) is 4.06. The molecule has 0 spiro atoms. The molecule has 30 heavy (non-hydrogen) atoms. The summed E-state index contributed by atoms with van der Waals surface area (Å²) in [5, 5.41) is 13.3. The van der Waals surface area contributed by atoms with Gasteiger partial charge in [0, 0.05) is 26.2 Å². The van der Waals surface area contributed by atoms with E-state index in [1.165, 1.54) is 4.90 Å². The maximum Gasteiger partial charge on any atom is 0.325 e. The Labute approximate surface area is 176 Å². The first-order valence-corrected chi connectivity index (χ1v) is 10.2. The smallest absolute Gasteiger partial charge is 0.325 e. The predicted molar refractivity (Wildman–Crippen MR) is 110 cm³/mol. The van der Waals surface area contributed by atoms with Crippen LogP contribution in [0.15, 0.2) is 24.3 Å². The SMILES string of the molecule is COc1ccc(CN(C)C[C@@]2(O)CCCN(C(=O)CN3CC(=O)NC3=O)CC2)cc1. The molecule has 4 amide bonds. The summed E-state index contributed by atoms with van der Waals surface area (Å²) in [4.78, 5) is 40.5. The third kappa shape index (κ3) is 5.70. The number of rotatable bonds is 7. The predicted octanol–water partition coefficient (Wildman–Crippen LogP) is 0.422. The number of urea groups is 1. The van der Waals surface area contributed by atoms with Gasteiger partial charge in [-0.25, -0.2) is 4.79 Å². The second kappa shape index (κ2) is 9.44. The molecule has 2 aliphatic rings. The van der Waals surface area contributed by atoms with E-state index in [1.54, 1.807) is 12.0 Å². The van der Waals surface area contributed by atoms with Gasteiger partial charge in [-0.2, -0.15) is 0 Å². The fraction of sp³-hybridized carbons (Fsp3) is 0.571. The molecule has 9 nitrogen and oxygen atoms in total. The lowest BCUT2D eigenvalue weighted by atomic mass is 9.94. The molecular formula is C21H30N4O5. The highest BCUT2D eigenvalue weighted by molar-refractivity contribution is 6.03. The number of carbonyl (C=O) groups excluding carboxylic acids is 3. The number of likely N-dealkylation sites (tertiary alicyclic amines) is 1. The van der Waals surface area contributed by atoms with E-state index in [-0.39, 0.29) is 19.0 Å². The maximum atomic E-state index is 12.6. The summed E-state index contributed by atoms with van der Waals surface area (Å²) in [5.41, 5.74) is 0.253. The van der Waals surface area contributed by atoms with Crippen LogP contribution >= 0.6 is 0 Å². The van der Waals surface area contributed by atoms with E-state index in [4.69, 9.17) is 4.74 Å². The third-order valence-electron chi connectivity index (χ3n) is 5.64. The minimum Gasteiger partial charge on any atom is -0.497 e. The highest BCUT2D eigenvalue weighted by atomic mass is 16.5. The van der Waals surface area contributed by atoms with Gasteiger partial charge in [-0.3, -0.25) is 19.8 Å². The zero-order chi connectivity index (χ0) is 21.7. The van der Waals surface area contributed by atoms with Gasteiger partial charge in [0.15, 0.2) is 0 Å². The Morgan fingerprint density at radius 1 is 1.23 bits per heavy atom. The van der Waals surface area contributed by atoms with Gasteiger partial charge in [-0.1, -0.05) is 12.1 Å². The summed E-state index contributed by atoms with van der Waals surface area (Å²) >= 11 is 0. The van der Waals surface area contributed by atoms with Crippen LogP contribution < -0.4 is 10.1 Å². The lowest BCUT2D eigenvalue weighted by molar-refractivity contribution is -0.131. The normalized spacial score (nSPS) is 22.3. The van der Waals surface area contributed by atoms with Gasteiger partial charge in [0.2, 0.25) is 11.8 Å². The van der Waals surface area contributed by atoms with Crippen LogP contribution in [0.3, 0.4) is 0 Å². The molecule has 1 aromatic carbocycles. The number of carbonyl (C=O) groups is 3. The van der Waals surface area contributed by atoms with E-state index < -0.39 is 17.5 Å². The molecule has 2 fully saturated rings. The van der Waals surface area contributed by atoms with Crippen molar-refractivity contribution in [3.63, 3.8) is 0 Å². The molecule has 0 unspecified atom stereocenters. The van der Waals surface area contributed by atoms with E-state index >= 15 is 0 Å². The Hall–Kier alpha value is -2.65. The molecule has 2 aliphatic heterocycles. The van der Waals surface area contributed by atoms with Crippen LogP contribution in [0.2, 0.25) is 0 Å². The van der Waals surface area contributed by atoms with Crippen LogP contribution in [0.4, 0.5) is 4.79 Å². The summed E-state index contributed by atoms with van der Waals surface area (Å²) in [6, 6.07) is 7.32. The number of ether oxygens (including phenoxy) is 1. The molecule has 0 aromatic heterocycles. The van der Waals surface area contributed by atoms with Crippen molar-refractivity contribution in [2.24, 2.45) is 0 Å². The molecule has 0 bridgehead atoms. The molecule has 0 radical (unpaired) electrons. The van der Waals surface area contributed by atoms with E-state index in [9.17, 15) is 19.5 Å². The number of likely N-dealkylation sites (N-methyl/N-ethyl adjacent to an activating group) is 1. The minimum absolute atomic E-state index is 0.0848. The van der Waals surface area contributed by atoms with E-state index in [1.807, 2.05) is 31.3 Å². The average Bonchev–Trinajstić information content (AvgIpc) is 2.89. The minimum atomic E-state index is -0.878. The van der Waals surface area contributed by atoms with Crippen molar-refractivity contribution < 1.29 is 24.2 Å². The van der Waals surface area contributed by atoms with Gasteiger partial charge in [-0.15, -0.1) is 0 Å². The van der Waals surface area contributed by atoms with Crippen molar-refractivity contribution in [3.8, 4) is 5.75 Å². The Balaban J connectivity index is 1.50. The first-order valence-electron chi connectivity index (χ1n) is 10.2. The summed E-state index contributed by atoms with van der Waals surface area (Å²) in [5.74, 6) is 0.220. The van der Waals surface area contributed by atoms with Gasteiger partial charge in [0.1, 0.15) is 18.8 Å². The van der Waals surface area contributed by atoms with Crippen LogP contribution in [0.5, 0.6) is 5.75 Å². The Morgan fingerprint density at radius 3 is 2.60 bits per heavy atom. The Morgan fingerprint density at radius 2 is 1.97 bits per heavy atom. The molecule has 2 N–H and O–H groups in total. The Kier molecular flexibility index (Phi) is 6.94. The van der Waals surface area contributed by atoms with Gasteiger partial charge < -0.3 is 19.6 Å². The maximum absolute atomic E-state index is 12.6. The number of hydrogen-bond donors (Lipinski definition) is 2. The number of benzene rings is 1. The van der Waals surface area contributed by atoms with E-state index in [2.05, 4.69) is 10.2 Å². The average molecular weight is 418 g/mol. The second-order valence-corrected chi connectivity index (χ2v) is 8.19. The van der Waals surface area contributed by atoms with Crippen molar-refractivity contribution in [2.45, 2.75) is 31.4 Å². The lowest BCUT2D eigenvalue weighted by Gasteiger charge is -2.32. The van der Waals surface area contributed by atoms with Crippen molar-refractivity contribution >= 4 is 17.8 Å². The fourth-order valence-corrected chi connectivity index (χ4v) is 4.06. The van der Waals surface area contributed by atoms with Crippen molar-refractivity contribution in [1.29, 1.82) is 0 Å². The van der Waals surface area contributed by atoms with Crippen LogP contribution in [0, 0.1) is 0 Å². The number of nitrogens with one attached hydrogen (secondary N) is 1. The van der Waals surface area contributed by atoms with Crippen molar-refractivity contribution in [3.05, 3.63) is 29.8 Å². The largest absolute Gasteiger partial charge is 0.497 e. The molecule has 1 aromatic rings. The summed E-state index contributed by atoms with van der Waals surface area (Å²) in [6.45, 7) is 1.96. The highest BCUT2D eigenvalue weighted by Gasteiger charge is 2.34. The molecule has 164 valence electrons. The standard InChI is InChI=1S/C21H30N4O5/c1-23(12-16-4-6-17(30-2)7-5-16)15-21(29)8-3-10-24(11-9-21)19(27)14-25-13-18(26)22-20(25)28/h4-7,29H,3,8-15H2,1-2H3,(H,22,26,28)/t21-/m1/s1. The number of hydrogen-bond acceptors (Lipinski definition) is 6. The number of amides is 4. The number of imide groups is 1. The molecule has 1 atom stereocenters. The second-order valence-electron chi connectivity index (χ2n) is 8.19. The summed E-state index contributed by atoms with van der Waals surface area (Å²) < 4.78 is 5.18. The first kappa shape index (κ1) is 22.0. The zero-order valence-corrected chi connectivity index (χ0v) is 17.6. The monoisotopic (exact) mass is 418 g/mol. The molecule has 9 heteroatoms. The molecule has 0 aliphatic carbocycles. The zero-order valence-electron chi connectivity index (χ0n) is 17.6. The van der Waals surface area contributed by atoms with Gasteiger partial charge in [0.05, 0.1) is 12.7 Å². The van der Waals surface area contributed by atoms with Crippen LogP contribution in [-0.2, 0) is 16.1 Å². The molecule has 2 saturated heterocycles. The number of methoxy groups -OCH3 is 1. The van der Waals surface area contributed by atoms with Gasteiger partial charge in [0.25, 0.3) is 0 Å². The highest BCUT2D eigenvalue weighted by Crippen LogP contribution is 2.24. The Bertz CT molecular complexity index is 784. The topological polar surface area (TPSA) is 102 Å². The van der Waals surface area contributed by atoms with Gasteiger partial charge in [-0.05, 0) is 44.0 Å². The molecule has 2 heterocycles. The third-order valence-corrected chi connectivity index (χ3v) is 5.64. The van der Waals surface area contributed by atoms with Crippen LogP contribution in [0.25, 0.3) is 0 Å². The summed E-state index contributed by atoms with van der Waals surface area (Å²) in [7, 11) is 3.61. The molecule has 3 rings (SSSR count). The summed E-state index contributed by atoms with van der Waals surface area (Å²) in [6.07, 6.45) is 1.76. The quantitative estimate of drug-likeness (QED) is 0.623. The van der Waals surface area contributed by atoms with Crippen molar-refractivity contribution in [1.82, 2.24) is 20.0 Å². The van der Waals surface area contributed by atoms with Crippen LogP contribution in [-0.4, -0.2) is 90.1 Å².